The van der Waals surface area contributed by atoms with Crippen LogP contribution in [0.1, 0.15) is 30.7 Å². The molecule has 0 spiro atoms. The number of hydrogen-bond donors (Lipinski definition) is 2. The number of furan rings is 1. The molecule has 2 aromatic rings. The van der Waals surface area contributed by atoms with E-state index in [2.05, 4.69) is 28.3 Å². The lowest BCUT2D eigenvalue weighted by molar-refractivity contribution is 0.261. The summed E-state index contributed by atoms with van der Waals surface area (Å²) < 4.78 is 11.1. The van der Waals surface area contributed by atoms with Crippen LogP contribution < -0.4 is 15.4 Å². The smallest absolute Gasteiger partial charge is 0.192 e. The van der Waals surface area contributed by atoms with Crippen LogP contribution in [0.4, 0.5) is 0 Å². The summed E-state index contributed by atoms with van der Waals surface area (Å²) in [6.45, 7) is 7.96. The van der Waals surface area contributed by atoms with Gasteiger partial charge in [-0.25, -0.2) is 4.99 Å². The Hall–Kier alpha value is -2.69. The van der Waals surface area contributed by atoms with Gasteiger partial charge < -0.3 is 19.8 Å². The van der Waals surface area contributed by atoms with Crippen molar-refractivity contribution in [3.63, 3.8) is 0 Å². The van der Waals surface area contributed by atoms with Crippen molar-refractivity contribution in [2.45, 2.75) is 25.8 Å². The number of ether oxygens (including phenoxy) is 1. The molecule has 0 saturated heterocycles. The normalized spacial score (nSPS) is 16.7. The molecule has 0 amide bonds. The van der Waals surface area contributed by atoms with Crippen LogP contribution in [-0.4, -0.2) is 25.7 Å². The van der Waals surface area contributed by atoms with E-state index < -0.39 is 0 Å². The van der Waals surface area contributed by atoms with E-state index in [1.54, 1.807) is 6.26 Å². The maximum Gasteiger partial charge on any atom is 0.192 e. The van der Waals surface area contributed by atoms with Crippen LogP contribution in [0.5, 0.6) is 5.75 Å². The summed E-state index contributed by atoms with van der Waals surface area (Å²) in [5.74, 6) is 2.69. The number of fused-ring (bicyclic) bond motifs is 1. The molecule has 0 saturated carbocycles. The van der Waals surface area contributed by atoms with E-state index in [1.165, 1.54) is 5.56 Å². The number of guanidine groups is 1. The van der Waals surface area contributed by atoms with Crippen LogP contribution in [-0.2, 0) is 6.42 Å². The minimum atomic E-state index is 0.185. The molecule has 1 aliphatic rings. The Morgan fingerprint density at radius 2 is 2.16 bits per heavy atom. The third-order valence-electron chi connectivity index (χ3n) is 4.02. The first-order valence-corrected chi connectivity index (χ1v) is 8.65. The monoisotopic (exact) mass is 339 g/mol. The van der Waals surface area contributed by atoms with Gasteiger partial charge in [0.15, 0.2) is 5.96 Å². The van der Waals surface area contributed by atoms with Crippen LogP contribution in [0.25, 0.3) is 0 Å². The van der Waals surface area contributed by atoms with Gasteiger partial charge in [-0.1, -0.05) is 30.4 Å². The molecular formula is C20H25N3O2. The van der Waals surface area contributed by atoms with Gasteiger partial charge in [-0.2, -0.15) is 0 Å². The van der Waals surface area contributed by atoms with Crippen LogP contribution in [0.3, 0.4) is 0 Å². The zero-order chi connectivity index (χ0) is 17.5. The summed E-state index contributed by atoms with van der Waals surface area (Å²) in [4.78, 5) is 4.63. The standard InChI is InChI=1S/C20H25N3O2/c1-15(2)14-22-20(21-11-9-16-6-5-12-24-16)23-18-10-13-25-19-8-4-3-7-17(18)19/h3-8,12,18H,1,9-11,13-14H2,2H3,(H2,21,22,23). The molecule has 0 bridgehead atoms. The van der Waals surface area contributed by atoms with E-state index in [9.17, 15) is 0 Å². The van der Waals surface area contributed by atoms with Crippen molar-refractivity contribution in [2.24, 2.45) is 4.99 Å². The summed E-state index contributed by atoms with van der Waals surface area (Å²) in [5, 5.41) is 6.92. The Kier molecular flexibility index (Phi) is 5.77. The average molecular weight is 339 g/mol. The Labute approximate surface area is 148 Å². The third kappa shape index (κ3) is 4.89. The molecule has 132 valence electrons. The lowest BCUT2D eigenvalue weighted by Gasteiger charge is -2.28. The molecule has 1 unspecified atom stereocenters. The predicted octanol–water partition coefficient (Wildman–Crippen LogP) is 3.46. The van der Waals surface area contributed by atoms with Gasteiger partial charge in [0.1, 0.15) is 11.5 Å². The third-order valence-corrected chi connectivity index (χ3v) is 4.02. The first-order chi connectivity index (χ1) is 12.2. The van der Waals surface area contributed by atoms with E-state index in [0.29, 0.717) is 13.2 Å². The molecule has 0 radical (unpaired) electrons. The highest BCUT2D eigenvalue weighted by Gasteiger charge is 2.21. The van der Waals surface area contributed by atoms with Gasteiger partial charge >= 0.3 is 0 Å². The van der Waals surface area contributed by atoms with Gasteiger partial charge in [-0.3, -0.25) is 0 Å². The van der Waals surface area contributed by atoms with Gasteiger partial charge in [0.05, 0.1) is 25.5 Å². The Balaban J connectivity index is 1.65. The van der Waals surface area contributed by atoms with Crippen LogP contribution in [0.15, 0.2) is 64.2 Å². The summed E-state index contributed by atoms with van der Waals surface area (Å²) in [5.41, 5.74) is 2.20. The second-order valence-electron chi connectivity index (χ2n) is 6.25. The first kappa shape index (κ1) is 17.1. The predicted molar refractivity (Wildman–Crippen MR) is 100.0 cm³/mol. The minimum Gasteiger partial charge on any atom is -0.493 e. The zero-order valence-electron chi connectivity index (χ0n) is 14.6. The molecule has 0 aliphatic carbocycles. The molecule has 25 heavy (non-hydrogen) atoms. The fourth-order valence-electron chi connectivity index (χ4n) is 2.78. The van der Waals surface area contributed by atoms with Gasteiger partial charge in [-0.15, -0.1) is 0 Å². The highest BCUT2D eigenvalue weighted by molar-refractivity contribution is 5.80. The lowest BCUT2D eigenvalue weighted by Crippen LogP contribution is -2.42. The number of benzene rings is 1. The second kappa shape index (κ2) is 8.42. The Bertz CT molecular complexity index is 722. The average Bonchev–Trinajstić information content (AvgIpc) is 3.13. The van der Waals surface area contributed by atoms with Gasteiger partial charge in [0.25, 0.3) is 0 Å². The summed E-state index contributed by atoms with van der Waals surface area (Å²) >= 11 is 0. The van der Waals surface area contributed by atoms with Gasteiger partial charge in [0.2, 0.25) is 0 Å². The van der Waals surface area contributed by atoms with Gasteiger partial charge in [0, 0.05) is 24.9 Å². The van der Waals surface area contributed by atoms with E-state index in [0.717, 1.165) is 42.4 Å². The van der Waals surface area contributed by atoms with Crippen molar-refractivity contribution in [1.82, 2.24) is 10.6 Å². The summed E-state index contributed by atoms with van der Waals surface area (Å²) in [6, 6.07) is 12.2. The number of nitrogens with one attached hydrogen (secondary N) is 2. The van der Waals surface area contributed by atoms with Crippen molar-refractivity contribution in [3.8, 4) is 5.75 Å². The molecule has 3 rings (SSSR count). The summed E-state index contributed by atoms with van der Waals surface area (Å²) in [7, 11) is 0. The van der Waals surface area contributed by atoms with Gasteiger partial charge in [-0.05, 0) is 25.1 Å². The first-order valence-electron chi connectivity index (χ1n) is 8.65. The molecule has 1 aromatic carbocycles. The van der Waals surface area contributed by atoms with Crippen molar-refractivity contribution >= 4 is 5.96 Å². The molecule has 2 N–H and O–H groups in total. The molecule has 5 nitrogen and oxygen atoms in total. The number of para-hydroxylation sites is 1. The number of aliphatic imine (C=N–C) groups is 1. The topological polar surface area (TPSA) is 58.8 Å². The van der Waals surface area contributed by atoms with E-state index in [1.807, 2.05) is 37.3 Å². The molecule has 2 heterocycles. The van der Waals surface area contributed by atoms with Crippen LogP contribution >= 0.6 is 0 Å². The fraction of sp³-hybridized carbons (Fsp3) is 0.350. The van der Waals surface area contributed by atoms with Crippen molar-refractivity contribution in [1.29, 1.82) is 0 Å². The molecule has 0 fully saturated rings. The lowest BCUT2D eigenvalue weighted by atomic mass is 10.0. The van der Waals surface area contributed by atoms with Crippen LogP contribution in [0, 0.1) is 0 Å². The second-order valence-corrected chi connectivity index (χ2v) is 6.25. The molecule has 5 heteroatoms. The molecular weight excluding hydrogens is 314 g/mol. The Morgan fingerprint density at radius 1 is 1.28 bits per heavy atom. The van der Waals surface area contributed by atoms with Crippen molar-refractivity contribution in [3.05, 3.63) is 66.1 Å². The van der Waals surface area contributed by atoms with E-state index >= 15 is 0 Å². The quantitative estimate of drug-likeness (QED) is 0.481. The van der Waals surface area contributed by atoms with E-state index in [-0.39, 0.29) is 6.04 Å². The highest BCUT2D eigenvalue weighted by atomic mass is 16.5. The van der Waals surface area contributed by atoms with E-state index in [4.69, 9.17) is 9.15 Å². The highest BCUT2D eigenvalue weighted by Crippen LogP contribution is 2.31. The fourth-order valence-corrected chi connectivity index (χ4v) is 2.78. The molecule has 1 aromatic heterocycles. The minimum absolute atomic E-state index is 0.185. The SMILES string of the molecule is C=C(C)CN=C(NCCc1ccco1)NC1CCOc2ccccc21. The molecule has 1 aliphatic heterocycles. The summed E-state index contributed by atoms with van der Waals surface area (Å²) in [6.07, 6.45) is 3.41. The maximum atomic E-state index is 5.74. The largest absolute Gasteiger partial charge is 0.493 e. The number of rotatable bonds is 6. The van der Waals surface area contributed by atoms with Crippen LogP contribution in [0.2, 0.25) is 0 Å². The Morgan fingerprint density at radius 3 is 2.96 bits per heavy atom. The molecule has 1 atom stereocenters. The number of hydrogen-bond acceptors (Lipinski definition) is 3. The van der Waals surface area contributed by atoms with Crippen molar-refractivity contribution in [2.75, 3.05) is 19.7 Å². The maximum absolute atomic E-state index is 5.74. The zero-order valence-corrected chi connectivity index (χ0v) is 14.6. The number of nitrogens with zero attached hydrogens (tertiary/aromatic N) is 1. The van der Waals surface area contributed by atoms with Crippen molar-refractivity contribution < 1.29 is 9.15 Å².